The minimum Gasteiger partial charge on any atom is -0.495 e. The van der Waals surface area contributed by atoms with Crippen molar-refractivity contribution >= 4 is 58.5 Å². The van der Waals surface area contributed by atoms with Crippen LogP contribution >= 0.6 is 0 Å². The number of amides is 6. The maximum atomic E-state index is 15.0. The molecule has 1 aliphatic carbocycles. The Morgan fingerprint density at radius 2 is 1.70 bits per heavy atom. The molecule has 0 bridgehead atoms. The lowest BCUT2D eigenvalue weighted by Gasteiger charge is -2.32. The van der Waals surface area contributed by atoms with E-state index in [1.54, 1.807) is 41.3 Å². The van der Waals surface area contributed by atoms with E-state index in [4.69, 9.17) is 14.2 Å². The highest BCUT2D eigenvalue weighted by Gasteiger charge is 2.49. The van der Waals surface area contributed by atoms with Gasteiger partial charge in [0.1, 0.15) is 22.9 Å². The Morgan fingerprint density at radius 1 is 0.950 bits per heavy atom. The summed E-state index contributed by atoms with van der Waals surface area (Å²) < 4.78 is 47.0. The molecule has 3 aromatic rings. The molecule has 1 aromatic heterocycles. The van der Waals surface area contributed by atoms with Gasteiger partial charge in [-0.25, -0.2) is 9.78 Å². The van der Waals surface area contributed by atoms with Crippen LogP contribution in [0.25, 0.3) is 0 Å². The van der Waals surface area contributed by atoms with Crippen molar-refractivity contribution in [1.82, 2.24) is 25.5 Å². The first-order valence-electron chi connectivity index (χ1n) is 20.1. The van der Waals surface area contributed by atoms with E-state index < -0.39 is 24.4 Å². The molecule has 2 saturated heterocycles. The van der Waals surface area contributed by atoms with Crippen LogP contribution in [-0.2, 0) is 14.4 Å². The number of fused-ring (bicyclic) bond motifs is 1. The first kappa shape index (κ1) is 41.9. The number of carbonyl (C=O) groups is 5. The van der Waals surface area contributed by atoms with Crippen LogP contribution in [0.15, 0.2) is 42.6 Å². The third-order valence-corrected chi connectivity index (χ3v) is 11.3. The van der Waals surface area contributed by atoms with Gasteiger partial charge in [-0.2, -0.15) is 13.8 Å². The van der Waals surface area contributed by atoms with Crippen LogP contribution in [0.2, 0.25) is 0 Å². The van der Waals surface area contributed by atoms with Gasteiger partial charge < -0.3 is 39.5 Å². The molecule has 0 radical (unpaired) electrons. The van der Waals surface area contributed by atoms with Gasteiger partial charge in [0.25, 0.3) is 11.8 Å². The summed E-state index contributed by atoms with van der Waals surface area (Å²) in [5.41, 5.74) is 1.52. The van der Waals surface area contributed by atoms with Crippen LogP contribution in [0, 0.1) is 0 Å². The average molecular weight is 834 g/mol. The van der Waals surface area contributed by atoms with Crippen molar-refractivity contribution in [3.63, 3.8) is 0 Å². The third kappa shape index (κ3) is 9.13. The number of likely N-dealkylation sites (tertiary alicyclic amines) is 1. The molecule has 0 spiro atoms. The number of ether oxygens (including phenoxy) is 3. The minimum atomic E-state index is -3.59. The quantitative estimate of drug-likeness (QED) is 0.203. The number of piperidine rings is 1. The van der Waals surface area contributed by atoms with Crippen molar-refractivity contribution in [2.24, 2.45) is 0 Å². The Labute approximate surface area is 345 Å². The normalized spacial score (nSPS) is 18.4. The highest BCUT2D eigenvalue weighted by Crippen LogP contribution is 2.40. The molecule has 2 aromatic carbocycles. The van der Waals surface area contributed by atoms with Gasteiger partial charge in [-0.3, -0.25) is 29.4 Å². The van der Waals surface area contributed by atoms with Crippen LogP contribution in [0.3, 0.4) is 0 Å². The van der Waals surface area contributed by atoms with E-state index in [0.717, 1.165) is 30.6 Å². The molecule has 3 fully saturated rings. The lowest BCUT2D eigenvalue weighted by Crippen LogP contribution is -2.49. The summed E-state index contributed by atoms with van der Waals surface area (Å²) in [6.07, 6.45) is 6.74. The number of anilines is 5. The zero-order valence-electron chi connectivity index (χ0n) is 33.8. The van der Waals surface area contributed by atoms with Gasteiger partial charge in [0.2, 0.25) is 17.8 Å². The molecule has 3 aliphatic heterocycles. The predicted molar refractivity (Wildman–Crippen MR) is 217 cm³/mol. The predicted octanol–water partition coefficient (Wildman–Crippen LogP) is 4.62. The molecule has 320 valence electrons. The smallest absolute Gasteiger partial charge is 0.342 e. The van der Waals surface area contributed by atoms with Gasteiger partial charge in [0.15, 0.2) is 5.82 Å². The highest BCUT2D eigenvalue weighted by molar-refractivity contribution is 6.06. The van der Waals surface area contributed by atoms with E-state index in [1.165, 1.54) is 37.3 Å². The number of carbonyl (C=O) groups excluding carboxylic acids is 5. The number of nitrogens with one attached hydrogen (secondary N) is 3. The third-order valence-electron chi connectivity index (χ3n) is 11.3. The average Bonchev–Trinajstić information content (AvgIpc) is 3.77. The fourth-order valence-corrected chi connectivity index (χ4v) is 8.04. The molecule has 0 unspecified atom stereocenters. The van der Waals surface area contributed by atoms with E-state index in [9.17, 15) is 24.0 Å². The lowest BCUT2D eigenvalue weighted by molar-refractivity contribution is -0.140. The van der Waals surface area contributed by atoms with Gasteiger partial charge >= 0.3 is 12.0 Å². The summed E-state index contributed by atoms with van der Waals surface area (Å²) in [5.74, 6) is -3.89. The monoisotopic (exact) mass is 833 g/mol. The summed E-state index contributed by atoms with van der Waals surface area (Å²) in [5, 5.41) is 8.45. The molecule has 19 heteroatoms. The van der Waals surface area contributed by atoms with E-state index in [-0.39, 0.29) is 73.3 Å². The molecular weight excluding hydrogens is 785 g/mol. The Bertz CT molecular complexity index is 2130. The number of imide groups is 1. The molecule has 3 N–H and O–H groups in total. The second-order valence-electron chi connectivity index (χ2n) is 15.2. The Kier molecular flexibility index (Phi) is 12.5. The van der Waals surface area contributed by atoms with Crippen molar-refractivity contribution in [2.45, 2.75) is 75.8 Å². The number of benzene rings is 2. The largest absolute Gasteiger partial charge is 0.495 e. The van der Waals surface area contributed by atoms with Crippen LogP contribution in [-0.4, -0.2) is 117 Å². The van der Waals surface area contributed by atoms with Crippen LogP contribution < -0.4 is 44.9 Å². The highest BCUT2D eigenvalue weighted by atomic mass is 19.3. The summed E-state index contributed by atoms with van der Waals surface area (Å²) >= 11 is 0. The van der Waals surface area contributed by atoms with Gasteiger partial charge in [-0.1, -0.05) is 12.8 Å². The maximum Gasteiger partial charge on any atom is 0.342 e. The summed E-state index contributed by atoms with van der Waals surface area (Å²) in [6.45, 7) is 0.743. The second kappa shape index (κ2) is 17.9. The van der Waals surface area contributed by atoms with Crippen LogP contribution in [0.4, 0.5) is 42.4 Å². The zero-order valence-corrected chi connectivity index (χ0v) is 33.8. The molecular formula is C41H49F2N9O8. The fraction of sp³-hybridized carbons (Fsp3) is 0.488. The molecule has 60 heavy (non-hydrogen) atoms. The number of nitrogens with zero attached hydrogens (tertiary/aromatic N) is 6. The fourth-order valence-electron chi connectivity index (χ4n) is 8.04. The maximum absolute atomic E-state index is 15.0. The molecule has 17 nitrogen and oxygen atoms in total. The molecule has 6 amide bonds. The van der Waals surface area contributed by atoms with Gasteiger partial charge in [-0.05, 0) is 62.4 Å². The number of aromatic nitrogens is 2. The van der Waals surface area contributed by atoms with Crippen molar-refractivity contribution < 1.29 is 47.0 Å². The number of alkyl halides is 2. The Hall–Kier alpha value is -6.27. The number of urea groups is 1. The summed E-state index contributed by atoms with van der Waals surface area (Å²) in [7, 11) is 4.24. The van der Waals surface area contributed by atoms with E-state index >= 15 is 8.78 Å². The molecule has 4 heterocycles. The van der Waals surface area contributed by atoms with E-state index in [0.29, 0.717) is 66.5 Å². The summed E-state index contributed by atoms with van der Waals surface area (Å²) in [6, 6.07) is 9.09. The topological polar surface area (TPSA) is 188 Å². The number of hydrogen-bond donors (Lipinski definition) is 3. The number of rotatable bonds is 13. The molecule has 0 atom stereocenters. The lowest BCUT2D eigenvalue weighted by atomic mass is 10.0. The second-order valence-corrected chi connectivity index (χ2v) is 15.2. The standard InChI is InChI=1S/C41H49F2N9O8/c1-49-31-23-44-39(48-36(31)52(27-7-4-5-8-27)24-41(42,43)38(49)56)46-29-12-10-25(21-32(29)58-2)37(55)45-26-14-17-50(18-15-26)35(54)9-6-20-60-28-11-13-30(33(22-28)59-3)51-19-16-34(53)47-40(51)57/h10-13,21-23,26-27H,4-9,14-20,24H2,1-3H3,(H,45,55)(H,44,46,48)(H,47,53,57). The molecule has 7 rings (SSSR count). The van der Waals surface area contributed by atoms with Crippen LogP contribution in [0.5, 0.6) is 17.2 Å². The summed E-state index contributed by atoms with van der Waals surface area (Å²) in [4.78, 5) is 77.4. The van der Waals surface area contributed by atoms with Crippen LogP contribution in [0.1, 0.15) is 68.1 Å². The molecule has 4 aliphatic rings. The number of hydrogen-bond acceptors (Lipinski definition) is 12. The van der Waals surface area contributed by atoms with Gasteiger partial charge in [0.05, 0.1) is 44.9 Å². The number of halogens is 2. The zero-order chi connectivity index (χ0) is 42.6. The van der Waals surface area contributed by atoms with E-state index in [1.807, 2.05) is 0 Å². The van der Waals surface area contributed by atoms with Crippen molar-refractivity contribution in [3.8, 4) is 17.2 Å². The van der Waals surface area contributed by atoms with Crippen molar-refractivity contribution in [2.75, 3.05) is 74.1 Å². The first-order valence-corrected chi connectivity index (χ1v) is 20.1. The van der Waals surface area contributed by atoms with Crippen molar-refractivity contribution in [1.29, 1.82) is 0 Å². The van der Waals surface area contributed by atoms with E-state index in [2.05, 4.69) is 25.9 Å². The van der Waals surface area contributed by atoms with Gasteiger partial charge in [-0.15, -0.1) is 0 Å². The Balaban J connectivity index is 0.888. The SMILES string of the molecule is COc1cc(C(=O)NC2CCN(C(=O)CCCOc3ccc(N4CCC(=O)NC4=O)c(OC)c3)CC2)ccc1Nc1ncc2c(n1)N(C1CCCC1)CC(F)(F)C(=O)N2C. The minimum absolute atomic E-state index is 0.00191. The van der Waals surface area contributed by atoms with Crippen molar-refractivity contribution in [3.05, 3.63) is 48.2 Å². The first-order chi connectivity index (χ1) is 28.8. The van der Waals surface area contributed by atoms with Gasteiger partial charge in [0, 0.05) is 63.2 Å². The Morgan fingerprint density at radius 3 is 2.42 bits per heavy atom. The number of methoxy groups -OCH3 is 2. The molecule has 1 saturated carbocycles.